The van der Waals surface area contributed by atoms with E-state index in [9.17, 15) is 24.3 Å². The summed E-state index contributed by atoms with van der Waals surface area (Å²) in [5.74, 6) is -1.20. The number of carbonyl (C=O) groups excluding carboxylic acids is 3. The molecule has 0 aliphatic heterocycles. The van der Waals surface area contributed by atoms with Gasteiger partial charge in [0, 0.05) is 23.6 Å². The Morgan fingerprint density at radius 3 is 2.07 bits per heavy atom. The number of ether oxygens (including phenoxy) is 2. The minimum Gasteiger partial charge on any atom is -0.494 e. The molecule has 0 bridgehead atoms. The fourth-order valence-corrected chi connectivity index (χ4v) is 4.41. The molecule has 3 aromatic rings. The molecular weight excluding hydrogens is 548 g/mol. The first-order valence-electron chi connectivity index (χ1n) is 14.8. The van der Waals surface area contributed by atoms with E-state index in [0.717, 1.165) is 25.7 Å². The highest BCUT2D eigenvalue weighted by atomic mass is 16.5. The van der Waals surface area contributed by atoms with Gasteiger partial charge in [-0.1, -0.05) is 44.7 Å². The number of aliphatic carboxylic acids is 1. The summed E-state index contributed by atoms with van der Waals surface area (Å²) in [7, 11) is 0. The van der Waals surface area contributed by atoms with Gasteiger partial charge < -0.3 is 25.2 Å². The van der Waals surface area contributed by atoms with Crippen molar-refractivity contribution in [3.63, 3.8) is 0 Å². The average Bonchev–Trinajstić information content (AvgIpc) is 3.86. The topological polar surface area (TPSA) is 131 Å². The average molecular weight is 587 g/mol. The number of benzene rings is 3. The van der Waals surface area contributed by atoms with Crippen LogP contribution in [0, 0.1) is 5.92 Å². The molecule has 43 heavy (non-hydrogen) atoms. The Kier molecular flexibility index (Phi) is 11.3. The van der Waals surface area contributed by atoms with Crippen LogP contribution in [-0.2, 0) is 16.0 Å². The third-order valence-electron chi connectivity index (χ3n) is 7.15. The molecule has 2 amide bonds. The van der Waals surface area contributed by atoms with E-state index in [-0.39, 0.29) is 23.8 Å². The molecule has 0 radical (unpaired) electrons. The van der Waals surface area contributed by atoms with Gasteiger partial charge in [-0.05, 0) is 85.5 Å². The second-order valence-corrected chi connectivity index (χ2v) is 10.7. The number of hydrogen-bond acceptors (Lipinski definition) is 6. The van der Waals surface area contributed by atoms with Crippen molar-refractivity contribution in [1.82, 2.24) is 5.32 Å². The normalized spacial score (nSPS) is 13.0. The number of nitrogens with one attached hydrogen (secondary N) is 2. The lowest BCUT2D eigenvalue weighted by atomic mass is 10.0. The zero-order valence-corrected chi connectivity index (χ0v) is 24.3. The van der Waals surface area contributed by atoms with E-state index in [4.69, 9.17) is 9.47 Å². The van der Waals surface area contributed by atoms with Gasteiger partial charge in [0.2, 0.25) is 5.91 Å². The van der Waals surface area contributed by atoms with Crippen LogP contribution in [0.1, 0.15) is 78.1 Å². The van der Waals surface area contributed by atoms with Gasteiger partial charge >= 0.3 is 11.9 Å². The maximum atomic E-state index is 12.7. The Balaban J connectivity index is 1.25. The number of anilines is 1. The molecule has 3 aromatic carbocycles. The number of esters is 1. The molecule has 3 N–H and O–H groups in total. The highest BCUT2D eigenvalue weighted by Crippen LogP contribution is 2.30. The quantitative estimate of drug-likeness (QED) is 0.106. The molecule has 1 fully saturated rings. The second kappa shape index (κ2) is 15.5. The Labute approximate surface area is 251 Å². The van der Waals surface area contributed by atoms with E-state index in [1.54, 1.807) is 60.7 Å². The van der Waals surface area contributed by atoms with Crippen molar-refractivity contribution < 1.29 is 33.8 Å². The maximum absolute atomic E-state index is 12.7. The van der Waals surface area contributed by atoms with E-state index in [0.29, 0.717) is 34.9 Å². The standard InChI is InChI=1S/C34H38N2O7/c1-2-3-4-5-6-21-42-28-19-13-26(14-20-28)34(41)43-29-17-7-23(8-18-29)22-30(33(39)40)36-32(38)25-11-15-27(16-12-25)35-31(37)24-9-10-24/h7-8,11-20,24,30H,2-6,9-10,21-22H2,1H3,(H,35,37)(H,36,38)(H,39,40)/t30-/m0/s1. The van der Waals surface area contributed by atoms with Crippen LogP contribution in [0.4, 0.5) is 5.69 Å². The summed E-state index contributed by atoms with van der Waals surface area (Å²) in [6.07, 6.45) is 7.60. The maximum Gasteiger partial charge on any atom is 0.343 e. The van der Waals surface area contributed by atoms with Crippen molar-refractivity contribution in [1.29, 1.82) is 0 Å². The van der Waals surface area contributed by atoms with E-state index in [1.807, 2.05) is 0 Å². The van der Waals surface area contributed by atoms with Crippen LogP contribution < -0.4 is 20.1 Å². The summed E-state index contributed by atoms with van der Waals surface area (Å²) in [5, 5.41) is 15.0. The highest BCUT2D eigenvalue weighted by molar-refractivity contribution is 5.98. The van der Waals surface area contributed by atoms with Crippen molar-refractivity contribution in [3.05, 3.63) is 89.5 Å². The van der Waals surface area contributed by atoms with Crippen molar-refractivity contribution in [2.45, 2.75) is 64.3 Å². The zero-order valence-electron chi connectivity index (χ0n) is 24.3. The molecule has 1 aliphatic carbocycles. The van der Waals surface area contributed by atoms with Crippen LogP contribution in [0.15, 0.2) is 72.8 Å². The van der Waals surface area contributed by atoms with Crippen LogP contribution >= 0.6 is 0 Å². The van der Waals surface area contributed by atoms with Gasteiger partial charge in [-0.25, -0.2) is 9.59 Å². The smallest absolute Gasteiger partial charge is 0.343 e. The fourth-order valence-electron chi connectivity index (χ4n) is 4.41. The van der Waals surface area contributed by atoms with Crippen LogP contribution in [0.25, 0.3) is 0 Å². The molecule has 1 aliphatic rings. The number of carbonyl (C=O) groups is 4. The predicted octanol–water partition coefficient (Wildman–Crippen LogP) is 6.03. The van der Waals surface area contributed by atoms with Gasteiger partial charge in [-0.15, -0.1) is 0 Å². The molecule has 0 spiro atoms. The van der Waals surface area contributed by atoms with Gasteiger partial charge in [0.1, 0.15) is 17.5 Å². The summed E-state index contributed by atoms with van der Waals surface area (Å²) in [5.41, 5.74) is 1.88. The van der Waals surface area contributed by atoms with Crippen LogP contribution in [-0.4, -0.2) is 41.5 Å². The monoisotopic (exact) mass is 586 g/mol. The number of amides is 2. The molecule has 9 heteroatoms. The van der Waals surface area contributed by atoms with Crippen molar-refractivity contribution >= 4 is 29.4 Å². The minimum absolute atomic E-state index is 0.0326. The Bertz CT molecular complexity index is 1380. The fraction of sp³-hybridized carbons (Fsp3) is 0.353. The Morgan fingerprint density at radius 2 is 1.44 bits per heavy atom. The summed E-state index contributed by atoms with van der Waals surface area (Å²) >= 11 is 0. The first kappa shape index (κ1) is 31.3. The molecule has 0 unspecified atom stereocenters. The number of carboxylic acids is 1. The number of rotatable bonds is 16. The first-order chi connectivity index (χ1) is 20.8. The van der Waals surface area contributed by atoms with E-state index in [2.05, 4.69) is 17.6 Å². The molecule has 0 heterocycles. The van der Waals surface area contributed by atoms with Crippen molar-refractivity contribution in [2.24, 2.45) is 5.92 Å². The molecular formula is C34H38N2O7. The summed E-state index contributed by atoms with van der Waals surface area (Å²) in [6, 6.07) is 18.4. The van der Waals surface area contributed by atoms with E-state index < -0.39 is 23.9 Å². The number of unbranched alkanes of at least 4 members (excludes halogenated alkanes) is 4. The Morgan fingerprint density at radius 1 is 0.814 bits per heavy atom. The molecule has 1 atom stereocenters. The van der Waals surface area contributed by atoms with Crippen molar-refractivity contribution in [2.75, 3.05) is 11.9 Å². The van der Waals surface area contributed by atoms with Crippen LogP contribution in [0.5, 0.6) is 11.5 Å². The van der Waals surface area contributed by atoms with Gasteiger partial charge in [0.15, 0.2) is 0 Å². The van der Waals surface area contributed by atoms with Gasteiger partial charge in [-0.3, -0.25) is 9.59 Å². The SMILES string of the molecule is CCCCCCCOc1ccc(C(=O)Oc2ccc(C[C@H](NC(=O)c3ccc(NC(=O)C4CC4)cc3)C(=O)O)cc2)cc1. The first-order valence-corrected chi connectivity index (χ1v) is 14.8. The highest BCUT2D eigenvalue weighted by Gasteiger charge is 2.29. The second-order valence-electron chi connectivity index (χ2n) is 10.7. The molecule has 0 saturated heterocycles. The van der Waals surface area contributed by atoms with Gasteiger partial charge in [0.05, 0.1) is 12.2 Å². The summed E-state index contributed by atoms with van der Waals surface area (Å²) in [6.45, 7) is 2.82. The lowest BCUT2D eigenvalue weighted by molar-refractivity contribution is -0.139. The van der Waals surface area contributed by atoms with Gasteiger partial charge in [0.25, 0.3) is 5.91 Å². The third-order valence-corrected chi connectivity index (χ3v) is 7.15. The summed E-state index contributed by atoms with van der Waals surface area (Å²) < 4.78 is 11.2. The number of carboxylic acid groups (broad SMARTS) is 1. The molecule has 1 saturated carbocycles. The van der Waals surface area contributed by atoms with E-state index >= 15 is 0 Å². The van der Waals surface area contributed by atoms with E-state index in [1.165, 1.54) is 31.4 Å². The zero-order chi connectivity index (χ0) is 30.6. The lowest BCUT2D eigenvalue weighted by Gasteiger charge is -2.15. The molecule has 226 valence electrons. The van der Waals surface area contributed by atoms with Crippen LogP contribution in [0.3, 0.4) is 0 Å². The third kappa shape index (κ3) is 9.99. The predicted molar refractivity (Wildman–Crippen MR) is 162 cm³/mol. The largest absolute Gasteiger partial charge is 0.494 e. The number of hydrogen-bond donors (Lipinski definition) is 3. The molecule has 9 nitrogen and oxygen atoms in total. The Hall–Kier alpha value is -4.66. The minimum atomic E-state index is -1.18. The van der Waals surface area contributed by atoms with Gasteiger partial charge in [-0.2, -0.15) is 0 Å². The van der Waals surface area contributed by atoms with Crippen molar-refractivity contribution in [3.8, 4) is 11.5 Å². The molecule has 4 rings (SSSR count). The summed E-state index contributed by atoms with van der Waals surface area (Å²) in [4.78, 5) is 49.1. The lowest BCUT2D eigenvalue weighted by Crippen LogP contribution is -2.42. The van der Waals surface area contributed by atoms with Crippen LogP contribution in [0.2, 0.25) is 0 Å². The molecule has 0 aromatic heterocycles.